The topological polar surface area (TPSA) is 136 Å². The fraction of sp³-hybridized carbons (Fsp3) is 0.188. The Balaban J connectivity index is 2.65. The average molecular weight is 399 g/mol. The van der Waals surface area contributed by atoms with Crippen molar-refractivity contribution in [2.24, 2.45) is 0 Å². The van der Waals surface area contributed by atoms with Crippen LogP contribution >= 0.6 is 0 Å². The highest BCUT2D eigenvalue weighted by Gasteiger charge is 2.38. The molecule has 0 bridgehead atoms. The molecule has 0 aromatic heterocycles. The Labute approximate surface area is 154 Å². The molecule has 0 aliphatic rings. The number of anilines is 1. The van der Waals surface area contributed by atoms with Gasteiger partial charge in [-0.2, -0.15) is 13.2 Å². The van der Waals surface area contributed by atoms with E-state index in [1.165, 1.54) is 12.1 Å². The number of rotatable bonds is 7. The summed E-state index contributed by atoms with van der Waals surface area (Å²) in [6, 6.07) is 6.82. The zero-order chi connectivity index (χ0) is 21.1. The number of carbonyl (C=O) groups is 1. The first-order valence-electron chi connectivity index (χ1n) is 7.58. The predicted octanol–water partition coefficient (Wildman–Crippen LogP) is 4.15. The lowest BCUT2D eigenvalue weighted by Crippen LogP contribution is -2.17. The van der Waals surface area contributed by atoms with Gasteiger partial charge in [0.15, 0.2) is 5.69 Å². The molecule has 2 rings (SSSR count). The molecule has 1 atom stereocenters. The minimum Gasteiger partial charge on any atom is -0.481 e. The van der Waals surface area contributed by atoms with Crippen LogP contribution in [0.15, 0.2) is 42.5 Å². The summed E-state index contributed by atoms with van der Waals surface area (Å²) in [5.74, 6) is -1.32. The Hall–Kier alpha value is -3.70. The zero-order valence-corrected chi connectivity index (χ0v) is 13.8. The number of carboxylic acids is 1. The summed E-state index contributed by atoms with van der Waals surface area (Å²) in [5, 5.41) is 34.0. The van der Waals surface area contributed by atoms with Gasteiger partial charge in [0, 0.05) is 12.1 Å². The Kier molecular flexibility index (Phi) is 5.81. The van der Waals surface area contributed by atoms with Crippen LogP contribution in [0.5, 0.6) is 0 Å². The van der Waals surface area contributed by atoms with Gasteiger partial charge in [-0.05, 0) is 5.56 Å². The quantitative estimate of drug-likeness (QED) is 0.527. The van der Waals surface area contributed by atoms with Crippen LogP contribution in [-0.2, 0) is 11.0 Å². The van der Waals surface area contributed by atoms with Crippen LogP contribution in [0.2, 0.25) is 0 Å². The van der Waals surface area contributed by atoms with Crippen LogP contribution in [0.1, 0.15) is 23.6 Å². The first-order valence-corrected chi connectivity index (χ1v) is 7.58. The molecular formula is C16H12F3N3O6. The van der Waals surface area contributed by atoms with Gasteiger partial charge in [0.2, 0.25) is 0 Å². The van der Waals surface area contributed by atoms with Gasteiger partial charge in [0.05, 0.1) is 27.9 Å². The van der Waals surface area contributed by atoms with Gasteiger partial charge in [-0.1, -0.05) is 30.3 Å². The molecule has 0 heterocycles. The molecule has 0 amide bonds. The molecule has 2 aromatic carbocycles. The van der Waals surface area contributed by atoms with Crippen LogP contribution in [0.25, 0.3) is 0 Å². The minimum absolute atomic E-state index is 0.165. The lowest BCUT2D eigenvalue weighted by Gasteiger charge is -2.19. The highest BCUT2D eigenvalue weighted by molar-refractivity contribution is 5.77. The predicted molar refractivity (Wildman–Crippen MR) is 89.8 cm³/mol. The van der Waals surface area contributed by atoms with E-state index in [-0.39, 0.29) is 12.1 Å². The SMILES string of the molecule is O=C(O)CC(Nc1c([N+](=O)[O-])cc(C(F)(F)F)cc1[N+](=O)[O-])c1ccccc1. The molecule has 0 radical (unpaired) electrons. The number of hydrogen-bond acceptors (Lipinski definition) is 6. The molecule has 0 saturated carbocycles. The monoisotopic (exact) mass is 399 g/mol. The van der Waals surface area contributed by atoms with Crippen molar-refractivity contribution in [3.05, 3.63) is 73.8 Å². The number of nitro benzene ring substituents is 2. The molecule has 0 fully saturated rings. The van der Waals surface area contributed by atoms with Gasteiger partial charge in [-0.3, -0.25) is 25.0 Å². The van der Waals surface area contributed by atoms with E-state index >= 15 is 0 Å². The highest BCUT2D eigenvalue weighted by atomic mass is 19.4. The third kappa shape index (κ3) is 4.72. The Bertz CT molecular complexity index is 883. The fourth-order valence-electron chi connectivity index (χ4n) is 2.50. The molecule has 9 nitrogen and oxygen atoms in total. The van der Waals surface area contributed by atoms with Gasteiger partial charge in [-0.25, -0.2) is 0 Å². The Morgan fingerprint density at radius 3 is 1.96 bits per heavy atom. The van der Waals surface area contributed by atoms with Gasteiger partial charge in [0.25, 0.3) is 11.4 Å². The summed E-state index contributed by atoms with van der Waals surface area (Å²) in [7, 11) is 0. The smallest absolute Gasteiger partial charge is 0.416 e. The number of nitrogens with one attached hydrogen (secondary N) is 1. The van der Waals surface area contributed by atoms with Gasteiger partial charge < -0.3 is 10.4 Å². The Morgan fingerprint density at radius 1 is 1.07 bits per heavy atom. The van der Waals surface area contributed by atoms with Crippen LogP contribution in [-0.4, -0.2) is 20.9 Å². The van der Waals surface area contributed by atoms with Crippen molar-refractivity contribution in [1.29, 1.82) is 0 Å². The van der Waals surface area contributed by atoms with E-state index in [1.54, 1.807) is 18.2 Å². The number of aliphatic carboxylic acids is 1. The molecule has 12 heteroatoms. The van der Waals surface area contributed by atoms with Gasteiger partial charge in [0.1, 0.15) is 0 Å². The molecule has 2 N–H and O–H groups in total. The van der Waals surface area contributed by atoms with Crippen LogP contribution in [0.4, 0.5) is 30.2 Å². The number of halogens is 3. The lowest BCUT2D eigenvalue weighted by atomic mass is 10.0. The molecule has 28 heavy (non-hydrogen) atoms. The minimum atomic E-state index is -5.05. The maximum atomic E-state index is 13.0. The lowest BCUT2D eigenvalue weighted by molar-refractivity contribution is -0.392. The molecule has 0 saturated heterocycles. The second-order valence-electron chi connectivity index (χ2n) is 5.61. The van der Waals surface area contributed by atoms with Crippen molar-refractivity contribution in [2.45, 2.75) is 18.6 Å². The van der Waals surface area contributed by atoms with Crippen molar-refractivity contribution in [3.8, 4) is 0 Å². The maximum absolute atomic E-state index is 13.0. The van der Waals surface area contributed by atoms with Gasteiger partial charge in [-0.15, -0.1) is 0 Å². The van der Waals surface area contributed by atoms with Crippen molar-refractivity contribution < 1.29 is 32.9 Å². The van der Waals surface area contributed by atoms with Crippen molar-refractivity contribution in [1.82, 2.24) is 0 Å². The van der Waals surface area contributed by atoms with Crippen LogP contribution in [0.3, 0.4) is 0 Å². The maximum Gasteiger partial charge on any atom is 0.416 e. The summed E-state index contributed by atoms with van der Waals surface area (Å²) < 4.78 is 38.9. The van der Waals surface area contributed by atoms with Gasteiger partial charge >= 0.3 is 12.1 Å². The van der Waals surface area contributed by atoms with Crippen molar-refractivity contribution >= 4 is 23.0 Å². The molecule has 1 unspecified atom stereocenters. The second kappa shape index (κ2) is 7.90. The Morgan fingerprint density at radius 2 is 1.57 bits per heavy atom. The third-order valence-corrected chi connectivity index (χ3v) is 3.72. The number of hydrogen-bond donors (Lipinski definition) is 2. The summed E-state index contributed by atoms with van der Waals surface area (Å²) in [5.41, 5.74) is -4.42. The first kappa shape index (κ1) is 20.6. The van der Waals surface area contributed by atoms with Crippen molar-refractivity contribution in [2.75, 3.05) is 5.32 Å². The molecule has 2 aromatic rings. The number of alkyl halides is 3. The molecular weight excluding hydrogens is 387 g/mol. The molecule has 0 spiro atoms. The van der Waals surface area contributed by atoms with E-state index in [9.17, 15) is 38.2 Å². The number of nitro groups is 2. The van der Waals surface area contributed by atoms with E-state index in [4.69, 9.17) is 5.11 Å². The average Bonchev–Trinajstić information content (AvgIpc) is 2.60. The van der Waals surface area contributed by atoms with Crippen LogP contribution < -0.4 is 5.32 Å². The normalized spacial score (nSPS) is 12.2. The number of nitrogens with zero attached hydrogens (tertiary/aromatic N) is 2. The summed E-state index contributed by atoms with van der Waals surface area (Å²) >= 11 is 0. The molecule has 148 valence electrons. The highest BCUT2D eigenvalue weighted by Crippen LogP contribution is 2.42. The van der Waals surface area contributed by atoms with E-state index in [2.05, 4.69) is 5.32 Å². The van der Waals surface area contributed by atoms with E-state index in [0.29, 0.717) is 5.56 Å². The number of benzene rings is 2. The van der Waals surface area contributed by atoms with Crippen molar-refractivity contribution in [3.63, 3.8) is 0 Å². The third-order valence-electron chi connectivity index (χ3n) is 3.72. The molecule has 0 aliphatic heterocycles. The fourth-order valence-corrected chi connectivity index (χ4v) is 2.50. The largest absolute Gasteiger partial charge is 0.481 e. The number of carboxylic acid groups (broad SMARTS) is 1. The summed E-state index contributed by atoms with van der Waals surface area (Å²) in [6.07, 6.45) is -5.67. The first-order chi connectivity index (χ1) is 13.0. The molecule has 0 aliphatic carbocycles. The standard InChI is InChI=1S/C16H12F3N3O6/c17-16(18,19)10-6-12(21(25)26)15(13(7-10)22(27)28)20-11(8-14(23)24)9-4-2-1-3-5-9/h1-7,11,20H,8H2,(H,23,24). The van der Waals surface area contributed by atoms with Crippen LogP contribution in [0, 0.1) is 20.2 Å². The second-order valence-corrected chi connectivity index (χ2v) is 5.61. The zero-order valence-electron chi connectivity index (χ0n) is 13.8. The van der Waals surface area contributed by atoms with E-state index in [0.717, 1.165) is 0 Å². The summed E-state index contributed by atoms with van der Waals surface area (Å²) in [6.45, 7) is 0. The van der Waals surface area contributed by atoms with E-state index in [1.807, 2.05) is 0 Å². The van der Waals surface area contributed by atoms with E-state index < -0.39 is 57.1 Å². The summed E-state index contributed by atoms with van der Waals surface area (Å²) in [4.78, 5) is 31.3.